The minimum Gasteiger partial charge on any atom is -0.389 e. The number of thiazole rings is 1. The van der Waals surface area contributed by atoms with E-state index in [1.54, 1.807) is 16.2 Å². The predicted octanol–water partition coefficient (Wildman–Crippen LogP) is 3.84. The van der Waals surface area contributed by atoms with E-state index in [-0.39, 0.29) is 17.9 Å². The Hall–Kier alpha value is -3.53. The number of hydrogen-bond acceptors (Lipinski definition) is 10. The normalized spacial score (nSPS) is 17.6. The molecule has 0 bridgehead atoms. The molecule has 1 amide bonds. The number of rotatable bonds is 7. The Kier molecular flexibility index (Phi) is 6.74. The molecule has 0 aliphatic carbocycles. The zero-order chi connectivity index (χ0) is 27.3. The van der Waals surface area contributed by atoms with E-state index in [0.29, 0.717) is 35.2 Å². The summed E-state index contributed by atoms with van der Waals surface area (Å²) in [6, 6.07) is 10.4. The summed E-state index contributed by atoms with van der Waals surface area (Å²) in [7, 11) is 1.95. The van der Waals surface area contributed by atoms with E-state index in [4.69, 9.17) is 15.1 Å². The minimum absolute atomic E-state index is 0.128. The first kappa shape index (κ1) is 25.7. The number of β-amino-alcohol motifs (C(OH)–C–C–N with tert-alkyl or cyclic N) is 1. The molecular formula is C27H30N8O2S2. The lowest BCUT2D eigenvalue weighted by Crippen LogP contribution is -2.53. The zero-order valence-electron chi connectivity index (χ0n) is 22.2. The highest BCUT2D eigenvalue weighted by molar-refractivity contribution is 7.20. The van der Waals surface area contributed by atoms with Crippen LogP contribution in [0.15, 0.2) is 24.3 Å². The van der Waals surface area contributed by atoms with Gasteiger partial charge in [-0.15, -0.1) is 5.10 Å². The largest absolute Gasteiger partial charge is 0.389 e. The van der Waals surface area contributed by atoms with Gasteiger partial charge in [-0.25, -0.2) is 9.97 Å². The maximum absolute atomic E-state index is 12.5. The number of amides is 1. The van der Waals surface area contributed by atoms with Gasteiger partial charge in [-0.3, -0.25) is 4.79 Å². The third-order valence-corrected chi connectivity index (χ3v) is 9.46. The molecule has 1 aromatic carbocycles. The number of aliphatic hydroxyl groups excluding tert-OH is 1. The maximum Gasteiger partial charge on any atom is 0.223 e. The van der Waals surface area contributed by atoms with Crippen LogP contribution in [0.25, 0.3) is 16.2 Å². The highest BCUT2D eigenvalue weighted by atomic mass is 32.1. The standard InChI is InChI=1S/C27H30N8O2S2/c1-4-20-24(32(3)25-30-23(21(12-28)38-25)18-7-5-16(2)6-8-18)35-26(29-20)39-27(31-35)33-10-9-17(13-33)11-22(37)34-14-19(36)15-34/h5-8,17,19,36H,4,9-11,13-15H2,1-3H3. The molecule has 6 rings (SSSR count). The molecule has 2 aliphatic heterocycles. The summed E-state index contributed by atoms with van der Waals surface area (Å²) >= 11 is 2.92. The van der Waals surface area contributed by atoms with Gasteiger partial charge in [0, 0.05) is 45.2 Å². The van der Waals surface area contributed by atoms with Crippen LogP contribution in [0, 0.1) is 24.2 Å². The smallest absolute Gasteiger partial charge is 0.223 e. The molecule has 2 aliphatic rings. The fourth-order valence-corrected chi connectivity index (χ4v) is 7.00. The Labute approximate surface area is 234 Å². The lowest BCUT2D eigenvalue weighted by atomic mass is 10.0. The fraction of sp³-hybridized carbons (Fsp3) is 0.444. The summed E-state index contributed by atoms with van der Waals surface area (Å²) in [6.45, 7) is 6.65. The predicted molar refractivity (Wildman–Crippen MR) is 153 cm³/mol. The van der Waals surface area contributed by atoms with Crippen LogP contribution in [0.5, 0.6) is 0 Å². The van der Waals surface area contributed by atoms with Crippen molar-refractivity contribution >= 4 is 49.6 Å². The molecule has 0 spiro atoms. The molecule has 0 saturated carbocycles. The molecule has 1 atom stereocenters. The number of aryl methyl sites for hydroxylation is 2. The van der Waals surface area contributed by atoms with Gasteiger partial charge >= 0.3 is 0 Å². The van der Waals surface area contributed by atoms with Crippen LogP contribution in [0.2, 0.25) is 0 Å². The van der Waals surface area contributed by atoms with Gasteiger partial charge in [0.2, 0.25) is 16.0 Å². The number of benzene rings is 1. The summed E-state index contributed by atoms with van der Waals surface area (Å²) in [5.74, 6) is 1.26. The molecule has 202 valence electrons. The van der Waals surface area contributed by atoms with Crippen molar-refractivity contribution < 1.29 is 9.90 Å². The van der Waals surface area contributed by atoms with E-state index in [0.717, 1.165) is 58.7 Å². The van der Waals surface area contributed by atoms with Gasteiger partial charge in [-0.2, -0.15) is 9.78 Å². The van der Waals surface area contributed by atoms with Crippen LogP contribution >= 0.6 is 22.7 Å². The zero-order valence-corrected chi connectivity index (χ0v) is 23.8. The Bertz CT molecular complexity index is 1560. The number of carbonyl (C=O) groups excluding carboxylic acids is 1. The van der Waals surface area contributed by atoms with Crippen LogP contribution in [0.1, 0.15) is 35.9 Å². The highest BCUT2D eigenvalue weighted by Gasteiger charge is 2.33. The van der Waals surface area contributed by atoms with Crippen molar-refractivity contribution in [3.63, 3.8) is 0 Å². The second-order valence-electron chi connectivity index (χ2n) is 10.3. The second kappa shape index (κ2) is 10.2. The van der Waals surface area contributed by atoms with Crippen LogP contribution in [-0.2, 0) is 11.2 Å². The van der Waals surface area contributed by atoms with Gasteiger partial charge < -0.3 is 19.8 Å². The molecule has 5 heterocycles. The first-order chi connectivity index (χ1) is 18.8. The Balaban J connectivity index is 1.25. The van der Waals surface area contributed by atoms with Gasteiger partial charge in [0.15, 0.2) is 10.9 Å². The summed E-state index contributed by atoms with van der Waals surface area (Å²) in [4.78, 5) is 29.6. The number of nitriles is 1. The van der Waals surface area contributed by atoms with E-state index >= 15 is 0 Å². The topological polar surface area (TPSA) is 114 Å². The Morgan fingerprint density at radius 3 is 2.67 bits per heavy atom. The lowest BCUT2D eigenvalue weighted by molar-refractivity contribution is -0.142. The number of imidazole rings is 1. The molecule has 12 heteroatoms. The molecule has 0 radical (unpaired) electrons. The van der Waals surface area contributed by atoms with Gasteiger partial charge in [-0.05, 0) is 25.7 Å². The number of aliphatic hydroxyl groups is 1. The maximum atomic E-state index is 12.5. The molecule has 1 N–H and O–H groups in total. The SMILES string of the molecule is CCc1nc2sc(N3CCC(CC(=O)N4CC(O)C4)C3)nn2c1N(C)c1nc(-c2ccc(C)cc2)c(C#N)s1. The van der Waals surface area contributed by atoms with Crippen LogP contribution in [0.3, 0.4) is 0 Å². The molecule has 2 fully saturated rings. The highest BCUT2D eigenvalue weighted by Crippen LogP contribution is 2.39. The van der Waals surface area contributed by atoms with Gasteiger partial charge in [-0.1, -0.05) is 59.4 Å². The first-order valence-electron chi connectivity index (χ1n) is 13.2. The molecule has 39 heavy (non-hydrogen) atoms. The quantitative estimate of drug-likeness (QED) is 0.361. The van der Waals surface area contributed by atoms with Crippen molar-refractivity contribution in [1.82, 2.24) is 24.5 Å². The number of anilines is 3. The van der Waals surface area contributed by atoms with Crippen molar-refractivity contribution in [2.75, 3.05) is 43.0 Å². The number of aromatic nitrogens is 4. The number of carbonyl (C=O) groups is 1. The third kappa shape index (κ3) is 4.75. The Morgan fingerprint density at radius 1 is 1.21 bits per heavy atom. The number of likely N-dealkylation sites (tertiary alicyclic amines) is 1. The first-order valence-corrected chi connectivity index (χ1v) is 14.8. The van der Waals surface area contributed by atoms with E-state index < -0.39 is 0 Å². The van der Waals surface area contributed by atoms with Crippen LogP contribution < -0.4 is 9.80 Å². The van der Waals surface area contributed by atoms with Crippen LogP contribution in [0.4, 0.5) is 16.1 Å². The van der Waals surface area contributed by atoms with Crippen LogP contribution in [-0.4, -0.2) is 74.8 Å². The molecule has 3 aromatic heterocycles. The average Bonchev–Trinajstić information content (AvgIpc) is 3.69. The number of fused-ring (bicyclic) bond motifs is 1. The van der Waals surface area contributed by atoms with Gasteiger partial charge in [0.25, 0.3) is 0 Å². The van der Waals surface area contributed by atoms with Gasteiger partial charge in [0.1, 0.15) is 16.6 Å². The van der Waals surface area contributed by atoms with E-state index in [1.165, 1.54) is 11.3 Å². The van der Waals surface area contributed by atoms with Crippen molar-refractivity contribution in [2.45, 2.75) is 39.2 Å². The monoisotopic (exact) mass is 562 g/mol. The van der Waals surface area contributed by atoms with E-state index in [2.05, 4.69) is 17.9 Å². The van der Waals surface area contributed by atoms with E-state index in [9.17, 15) is 15.2 Å². The summed E-state index contributed by atoms with van der Waals surface area (Å²) in [5.41, 5.74) is 3.69. The fourth-order valence-electron chi connectivity index (χ4n) is 5.20. The second-order valence-corrected chi connectivity index (χ2v) is 12.2. The number of hydrogen-bond donors (Lipinski definition) is 1. The molecule has 2 saturated heterocycles. The molecule has 10 nitrogen and oxygen atoms in total. The van der Waals surface area contributed by atoms with Crippen molar-refractivity contribution in [3.05, 3.63) is 40.4 Å². The van der Waals surface area contributed by atoms with E-state index in [1.807, 2.05) is 47.7 Å². The molecular weight excluding hydrogens is 532 g/mol. The third-order valence-electron chi connectivity index (χ3n) is 7.46. The van der Waals surface area contributed by atoms with Gasteiger partial charge in [0.05, 0.1) is 11.8 Å². The summed E-state index contributed by atoms with van der Waals surface area (Å²) in [5, 5.41) is 25.9. The van der Waals surface area contributed by atoms with Crippen molar-refractivity contribution in [1.29, 1.82) is 5.26 Å². The van der Waals surface area contributed by atoms with Crippen molar-refractivity contribution in [3.8, 4) is 17.3 Å². The summed E-state index contributed by atoms with van der Waals surface area (Å²) in [6.07, 6.45) is 1.82. The number of nitrogens with zero attached hydrogens (tertiary/aromatic N) is 8. The average molecular weight is 563 g/mol. The minimum atomic E-state index is -0.369. The van der Waals surface area contributed by atoms with Crippen molar-refractivity contribution in [2.24, 2.45) is 5.92 Å². The Morgan fingerprint density at radius 2 is 1.97 bits per heavy atom. The molecule has 4 aromatic rings. The lowest BCUT2D eigenvalue weighted by Gasteiger charge is -2.36. The summed E-state index contributed by atoms with van der Waals surface area (Å²) < 4.78 is 1.89. The molecule has 1 unspecified atom stereocenters.